The zero-order valence-electron chi connectivity index (χ0n) is 24.0. The molecule has 2 N–H and O–H groups in total. The maximum absolute atomic E-state index is 13.8. The first-order chi connectivity index (χ1) is 20.1. The molecule has 0 bridgehead atoms. The van der Waals surface area contributed by atoms with Gasteiger partial charge in [-0.3, -0.25) is 19.2 Å². The van der Waals surface area contributed by atoms with E-state index in [1.807, 2.05) is 0 Å². The molecule has 2 aromatic carbocycles. The number of hydrogen-bond acceptors (Lipinski definition) is 12. The predicted octanol–water partition coefficient (Wildman–Crippen LogP) is 3.49. The molecule has 1 aliphatic rings. The number of Topliss-reactive ketones (excluding diaryl/α,β-unsaturated/α-hetero) is 2. The Labute approximate surface area is 242 Å². The Balaban J connectivity index is 2.24. The van der Waals surface area contributed by atoms with Crippen LogP contribution in [0.4, 0.5) is 0 Å². The van der Waals surface area contributed by atoms with Crippen LogP contribution in [0.2, 0.25) is 0 Å². The molecule has 1 aliphatic carbocycles. The Bertz CT molecular complexity index is 1340. The van der Waals surface area contributed by atoms with Crippen LogP contribution in [0.15, 0.2) is 59.1 Å². The van der Waals surface area contributed by atoms with Crippen molar-refractivity contribution in [2.75, 3.05) is 42.7 Å². The van der Waals surface area contributed by atoms with Gasteiger partial charge in [0.15, 0.2) is 11.5 Å². The van der Waals surface area contributed by atoms with E-state index in [0.29, 0.717) is 11.5 Å². The van der Waals surface area contributed by atoms with Crippen LogP contribution in [0, 0.1) is 0 Å². The molecule has 42 heavy (non-hydrogen) atoms. The highest BCUT2D eigenvalue weighted by Crippen LogP contribution is 2.45. The van der Waals surface area contributed by atoms with Crippen LogP contribution in [0.1, 0.15) is 35.8 Å². The van der Waals surface area contributed by atoms with Crippen LogP contribution in [0.3, 0.4) is 0 Å². The van der Waals surface area contributed by atoms with Crippen molar-refractivity contribution >= 4 is 23.5 Å². The molecule has 2 aromatic rings. The first kappa shape index (κ1) is 31.5. The molecule has 0 saturated carbocycles. The zero-order valence-corrected chi connectivity index (χ0v) is 24.0. The summed E-state index contributed by atoms with van der Waals surface area (Å²) in [7, 11) is 7.86. The van der Waals surface area contributed by atoms with Gasteiger partial charge in [-0.15, -0.1) is 0 Å². The molecule has 2 atom stereocenters. The van der Waals surface area contributed by atoms with Crippen molar-refractivity contribution in [3.8, 4) is 23.0 Å². The SMILES string of the molecule is COC(=O)C[C@H](C1=C(O)C(=O)C([C@H](CC(=O)OC)c2ccc(OC)cc2OC)=C(O)C1=O)c1ccc(OC)cc1OC. The molecule has 0 spiro atoms. The molecule has 0 unspecified atom stereocenters. The van der Waals surface area contributed by atoms with E-state index in [9.17, 15) is 29.4 Å². The summed E-state index contributed by atoms with van der Waals surface area (Å²) in [6.07, 6.45) is -0.976. The highest BCUT2D eigenvalue weighted by Gasteiger charge is 2.44. The summed E-state index contributed by atoms with van der Waals surface area (Å²) in [4.78, 5) is 52.4. The Morgan fingerprint density at radius 3 is 1.26 bits per heavy atom. The van der Waals surface area contributed by atoms with Crippen molar-refractivity contribution in [3.05, 3.63) is 70.2 Å². The Morgan fingerprint density at radius 1 is 0.619 bits per heavy atom. The first-order valence-electron chi connectivity index (χ1n) is 12.6. The van der Waals surface area contributed by atoms with Crippen molar-refractivity contribution in [3.63, 3.8) is 0 Å². The van der Waals surface area contributed by atoms with Gasteiger partial charge < -0.3 is 38.6 Å². The van der Waals surface area contributed by atoms with Gasteiger partial charge >= 0.3 is 11.9 Å². The van der Waals surface area contributed by atoms with E-state index in [1.54, 1.807) is 12.1 Å². The number of benzene rings is 2. The predicted molar refractivity (Wildman–Crippen MR) is 147 cm³/mol. The average Bonchev–Trinajstić information content (AvgIpc) is 3.01. The first-order valence-corrected chi connectivity index (χ1v) is 12.6. The molecule has 12 nitrogen and oxygen atoms in total. The van der Waals surface area contributed by atoms with E-state index in [2.05, 4.69) is 0 Å². The highest BCUT2D eigenvalue weighted by atomic mass is 16.5. The molecule has 0 aromatic heterocycles. The van der Waals surface area contributed by atoms with Gasteiger partial charge in [0.1, 0.15) is 23.0 Å². The number of aliphatic hydroxyl groups is 2. The minimum atomic E-state index is -1.27. The lowest BCUT2D eigenvalue weighted by atomic mass is 9.75. The van der Waals surface area contributed by atoms with Gasteiger partial charge in [0.2, 0.25) is 11.6 Å². The van der Waals surface area contributed by atoms with Crippen LogP contribution in [0.5, 0.6) is 23.0 Å². The Hall–Kier alpha value is -5.00. The van der Waals surface area contributed by atoms with Gasteiger partial charge in [0.25, 0.3) is 0 Å². The van der Waals surface area contributed by atoms with Crippen LogP contribution in [-0.4, -0.2) is 76.4 Å². The number of esters is 2. The fourth-order valence-corrected chi connectivity index (χ4v) is 4.81. The van der Waals surface area contributed by atoms with Gasteiger partial charge in [0.05, 0.1) is 66.6 Å². The summed E-state index contributed by atoms with van der Waals surface area (Å²) < 4.78 is 30.9. The number of ketones is 2. The number of carbonyl (C=O) groups is 4. The summed E-state index contributed by atoms with van der Waals surface area (Å²) in [5.41, 5.74) is -0.613. The minimum absolute atomic E-state index is 0.185. The molecule has 0 heterocycles. The summed E-state index contributed by atoms with van der Waals surface area (Å²) in [6.45, 7) is 0. The number of hydrogen-bond donors (Lipinski definition) is 2. The topological polar surface area (TPSA) is 164 Å². The third kappa shape index (κ3) is 6.17. The molecule has 0 radical (unpaired) electrons. The molecule has 224 valence electrons. The molecule has 12 heteroatoms. The second-order valence-corrected chi connectivity index (χ2v) is 9.06. The number of carbonyl (C=O) groups excluding carboxylic acids is 4. The third-order valence-corrected chi connectivity index (χ3v) is 6.96. The minimum Gasteiger partial charge on any atom is -0.504 e. The molecule has 0 aliphatic heterocycles. The fraction of sp³-hybridized carbons (Fsp3) is 0.333. The maximum Gasteiger partial charge on any atom is 0.306 e. The molecule has 0 fully saturated rings. The lowest BCUT2D eigenvalue weighted by Gasteiger charge is -2.28. The van der Waals surface area contributed by atoms with Gasteiger partial charge in [-0.25, -0.2) is 0 Å². The lowest BCUT2D eigenvalue weighted by Crippen LogP contribution is -2.31. The van der Waals surface area contributed by atoms with Crippen molar-refractivity contribution in [2.45, 2.75) is 24.7 Å². The quantitative estimate of drug-likeness (QED) is 0.276. The van der Waals surface area contributed by atoms with Gasteiger partial charge in [-0.1, -0.05) is 12.1 Å². The summed E-state index contributed by atoms with van der Waals surface area (Å²) in [5, 5.41) is 22.5. The number of allylic oxidation sites excluding steroid dienone is 2. The molecular formula is C30H32O12. The third-order valence-electron chi connectivity index (χ3n) is 6.96. The largest absolute Gasteiger partial charge is 0.504 e. The van der Waals surface area contributed by atoms with E-state index >= 15 is 0 Å². The fourth-order valence-electron chi connectivity index (χ4n) is 4.81. The summed E-state index contributed by atoms with van der Waals surface area (Å²) >= 11 is 0. The van der Waals surface area contributed by atoms with Crippen molar-refractivity contribution < 1.29 is 57.8 Å². The van der Waals surface area contributed by atoms with Crippen LogP contribution < -0.4 is 18.9 Å². The monoisotopic (exact) mass is 584 g/mol. The Kier molecular flexibility index (Phi) is 10.2. The molecule has 0 amide bonds. The van der Waals surface area contributed by atoms with Crippen molar-refractivity contribution in [2.24, 2.45) is 0 Å². The second kappa shape index (κ2) is 13.6. The lowest BCUT2D eigenvalue weighted by molar-refractivity contribution is -0.142. The summed E-state index contributed by atoms with van der Waals surface area (Å²) in [6, 6.07) is 9.08. The standard InChI is InChI=1S/C30H32O12/c1-37-15-7-9-17(21(11-15)39-3)19(13-23(31)41-5)25-27(33)29(35)26(30(36)28(25)34)20(14-24(32)42-6)18-10-8-16(38-2)12-22(18)40-4/h7-12,19-20,33,36H,13-14H2,1-6H3/t19-,20+. The van der Waals surface area contributed by atoms with E-state index in [-0.39, 0.29) is 22.6 Å². The van der Waals surface area contributed by atoms with Crippen LogP contribution in [-0.2, 0) is 28.7 Å². The highest BCUT2D eigenvalue weighted by molar-refractivity contribution is 6.24. The van der Waals surface area contributed by atoms with E-state index in [0.717, 1.165) is 14.2 Å². The van der Waals surface area contributed by atoms with Gasteiger partial charge in [-0.05, 0) is 12.1 Å². The Morgan fingerprint density at radius 2 is 0.976 bits per heavy atom. The van der Waals surface area contributed by atoms with Crippen LogP contribution >= 0.6 is 0 Å². The van der Waals surface area contributed by atoms with Crippen LogP contribution in [0.25, 0.3) is 0 Å². The normalized spacial score (nSPS) is 14.7. The molecular weight excluding hydrogens is 552 g/mol. The molecule has 0 saturated heterocycles. The zero-order chi connectivity index (χ0) is 31.1. The van der Waals surface area contributed by atoms with E-state index in [1.165, 1.54) is 52.7 Å². The molecule has 3 rings (SSSR count). The van der Waals surface area contributed by atoms with E-state index < -0.39 is 70.8 Å². The van der Waals surface area contributed by atoms with Crippen molar-refractivity contribution in [1.29, 1.82) is 0 Å². The maximum atomic E-state index is 13.8. The number of ether oxygens (including phenoxy) is 6. The summed E-state index contributed by atoms with van der Waals surface area (Å²) in [5.74, 6) is -7.17. The van der Waals surface area contributed by atoms with Gasteiger partial charge in [-0.2, -0.15) is 0 Å². The second-order valence-electron chi connectivity index (χ2n) is 9.06. The van der Waals surface area contributed by atoms with E-state index in [4.69, 9.17) is 28.4 Å². The van der Waals surface area contributed by atoms with Crippen molar-refractivity contribution in [1.82, 2.24) is 0 Å². The van der Waals surface area contributed by atoms with Gasteiger partial charge in [0, 0.05) is 35.1 Å². The number of rotatable bonds is 12. The smallest absolute Gasteiger partial charge is 0.306 e. The number of aliphatic hydroxyl groups excluding tert-OH is 2. The average molecular weight is 585 g/mol. The number of methoxy groups -OCH3 is 6.